The van der Waals surface area contributed by atoms with Gasteiger partial charge in [-0.3, -0.25) is 14.9 Å². The normalized spacial score (nSPS) is 30.8. The number of carbonyl (C=O) groups excluding carboxylic acids is 4. The molecule has 2 fully saturated rings. The first-order valence-electron chi connectivity index (χ1n) is 16.9. The molecule has 280 valence electrons. The van der Waals surface area contributed by atoms with Crippen molar-refractivity contribution in [3.05, 3.63) is 76.3 Å². The van der Waals surface area contributed by atoms with Gasteiger partial charge in [0, 0.05) is 32.1 Å². The number of ether oxygens (including phenoxy) is 6. The number of nitrogens with zero attached hydrogens (tertiary/aromatic N) is 1. The Kier molecular flexibility index (Phi) is 11.7. The number of anilines is 1. The highest BCUT2D eigenvalue weighted by Crippen LogP contribution is 2.49. The van der Waals surface area contributed by atoms with Crippen molar-refractivity contribution in [1.29, 1.82) is 0 Å². The molecular weight excluding hydrogens is 696 g/mol. The van der Waals surface area contributed by atoms with Gasteiger partial charge in [-0.15, -0.1) is 0 Å². The van der Waals surface area contributed by atoms with Gasteiger partial charge in [0.25, 0.3) is 0 Å². The number of nitrogens with one attached hydrogen (secondary N) is 1. The zero-order valence-electron chi connectivity index (χ0n) is 30.3. The van der Waals surface area contributed by atoms with Crippen LogP contribution in [0.3, 0.4) is 0 Å². The van der Waals surface area contributed by atoms with Crippen molar-refractivity contribution in [1.82, 2.24) is 5.32 Å². The third-order valence-corrected chi connectivity index (χ3v) is 10.2. The Morgan fingerprint density at radius 1 is 1.15 bits per heavy atom. The Bertz CT molecular complexity index is 1760. The molecule has 0 unspecified atom stereocenters. The Hall–Kier alpha value is -4.43. The largest absolute Gasteiger partial charge is 0.495 e. The zero-order valence-corrected chi connectivity index (χ0v) is 31.0. The van der Waals surface area contributed by atoms with Gasteiger partial charge in [0.1, 0.15) is 40.4 Å². The van der Waals surface area contributed by atoms with Gasteiger partial charge in [-0.2, -0.15) is 0 Å². The minimum absolute atomic E-state index is 0.0477. The monoisotopic (exact) mass is 740 g/mol. The van der Waals surface area contributed by atoms with Crippen LogP contribution in [0.1, 0.15) is 56.5 Å². The molecule has 14 heteroatoms. The van der Waals surface area contributed by atoms with Gasteiger partial charge in [0.05, 0.1) is 25.3 Å². The van der Waals surface area contributed by atoms with Crippen molar-refractivity contribution in [3.8, 4) is 11.5 Å². The molecule has 52 heavy (non-hydrogen) atoms. The number of benzene rings is 2. The second-order valence-corrected chi connectivity index (χ2v) is 14.0. The minimum atomic E-state index is -1.82. The summed E-state index contributed by atoms with van der Waals surface area (Å²) in [4.78, 5) is 53.1. The molecule has 2 amide bonds. The van der Waals surface area contributed by atoms with Crippen LogP contribution in [-0.4, -0.2) is 92.5 Å². The van der Waals surface area contributed by atoms with Crippen molar-refractivity contribution in [2.75, 3.05) is 32.8 Å². The van der Waals surface area contributed by atoms with Crippen LogP contribution in [0.25, 0.3) is 0 Å². The van der Waals surface area contributed by atoms with E-state index in [2.05, 4.69) is 5.32 Å². The molecule has 0 radical (unpaired) electrons. The van der Waals surface area contributed by atoms with E-state index in [0.29, 0.717) is 29.2 Å². The molecule has 2 aromatic rings. The standard InChI is InChI=1S/C38H45ClN2O11/c1-21-9-8-10-30(48-7)38(46)19-29(50-36(45)40-38)22(2)35-37(4,52-35)31(51-33(44)20-49-26-13-11-25(12-14-26)23(3)42)18-32(43)41(5)27-16-24(15-21)17-28(47-6)34(27)39/h8-14,16-17,22,29-31,35,46H,15,18-20H2,1-7H3,(H,40,45)/b10-8+,21-9+/t22-,29+,30-,31+,35+,37+,38+/m1/s1. The first-order valence-corrected chi connectivity index (χ1v) is 17.3. The van der Waals surface area contributed by atoms with E-state index in [0.717, 1.165) is 11.1 Å². The van der Waals surface area contributed by atoms with Crippen LogP contribution in [0.5, 0.6) is 11.5 Å². The quantitative estimate of drug-likeness (QED) is 0.225. The summed E-state index contributed by atoms with van der Waals surface area (Å²) in [5.41, 5.74) is -0.399. The third-order valence-electron chi connectivity index (χ3n) is 9.84. The number of alkyl carbamates (subject to hydrolysis) is 1. The lowest BCUT2D eigenvalue weighted by molar-refractivity contribution is -0.156. The number of halogens is 1. The predicted molar refractivity (Wildman–Crippen MR) is 191 cm³/mol. The molecule has 3 aliphatic rings. The maximum Gasteiger partial charge on any atom is 0.409 e. The Balaban J connectivity index is 1.49. The van der Waals surface area contributed by atoms with E-state index in [-0.39, 0.29) is 23.6 Å². The van der Waals surface area contributed by atoms with E-state index < -0.39 is 66.2 Å². The van der Waals surface area contributed by atoms with E-state index in [1.165, 1.54) is 26.0 Å². The first kappa shape index (κ1) is 38.8. The number of esters is 1. The van der Waals surface area contributed by atoms with Gasteiger partial charge in [0.15, 0.2) is 18.1 Å². The second-order valence-electron chi connectivity index (χ2n) is 13.6. The lowest BCUT2D eigenvalue weighted by atomic mass is 9.83. The molecule has 7 atom stereocenters. The lowest BCUT2D eigenvalue weighted by Crippen LogP contribution is -2.63. The van der Waals surface area contributed by atoms with Crippen molar-refractivity contribution < 1.29 is 52.7 Å². The lowest BCUT2D eigenvalue weighted by Gasteiger charge is -2.42. The Morgan fingerprint density at radius 2 is 1.87 bits per heavy atom. The minimum Gasteiger partial charge on any atom is -0.495 e. The predicted octanol–water partition coefficient (Wildman–Crippen LogP) is 4.95. The van der Waals surface area contributed by atoms with Gasteiger partial charge in [-0.1, -0.05) is 42.3 Å². The average Bonchev–Trinajstić information content (AvgIpc) is 3.80. The average molecular weight is 741 g/mol. The van der Waals surface area contributed by atoms with Crippen LogP contribution in [0.2, 0.25) is 5.02 Å². The number of amides is 2. The van der Waals surface area contributed by atoms with Crippen molar-refractivity contribution in [2.24, 2.45) is 5.92 Å². The molecule has 0 saturated carbocycles. The summed E-state index contributed by atoms with van der Waals surface area (Å²) in [5, 5.41) is 14.4. The summed E-state index contributed by atoms with van der Waals surface area (Å²) in [5.74, 6) is -1.11. The molecule has 2 aromatic carbocycles. The molecule has 2 saturated heterocycles. The zero-order chi connectivity index (χ0) is 38.0. The molecule has 4 bridgehead atoms. The number of carbonyl (C=O) groups is 4. The number of Topliss-reactive ketones (excluding diaryl/α,β-unsaturated/α-hetero) is 1. The van der Waals surface area contributed by atoms with Gasteiger partial charge < -0.3 is 38.4 Å². The number of aliphatic hydroxyl groups is 1. The van der Waals surface area contributed by atoms with Crippen molar-refractivity contribution in [2.45, 2.75) is 82.7 Å². The maximum atomic E-state index is 14.0. The molecule has 0 aliphatic carbocycles. The topological polar surface area (TPSA) is 162 Å². The van der Waals surface area contributed by atoms with Gasteiger partial charge in [-0.25, -0.2) is 9.59 Å². The Labute approximate surface area is 307 Å². The molecular formula is C38H45ClN2O11. The third kappa shape index (κ3) is 8.44. The molecule has 2 N–H and O–H groups in total. The van der Waals surface area contributed by atoms with Crippen LogP contribution in [0.15, 0.2) is 60.2 Å². The van der Waals surface area contributed by atoms with E-state index in [1.807, 2.05) is 13.0 Å². The summed E-state index contributed by atoms with van der Waals surface area (Å²) < 4.78 is 34.6. The molecule has 5 rings (SSSR count). The summed E-state index contributed by atoms with van der Waals surface area (Å²) >= 11 is 6.73. The van der Waals surface area contributed by atoms with E-state index in [1.54, 1.807) is 69.4 Å². The van der Waals surface area contributed by atoms with E-state index in [9.17, 15) is 24.3 Å². The summed E-state index contributed by atoms with van der Waals surface area (Å²) in [7, 11) is 4.49. The number of hydrogen-bond donors (Lipinski definition) is 2. The number of ketones is 1. The van der Waals surface area contributed by atoms with E-state index >= 15 is 0 Å². The fraction of sp³-hybridized carbons (Fsp3) is 0.474. The highest BCUT2D eigenvalue weighted by molar-refractivity contribution is 6.35. The summed E-state index contributed by atoms with van der Waals surface area (Å²) in [6.45, 7) is 6.39. The highest BCUT2D eigenvalue weighted by Gasteiger charge is 2.64. The summed E-state index contributed by atoms with van der Waals surface area (Å²) in [6.07, 6.45) is 0.984. The van der Waals surface area contributed by atoms with Gasteiger partial charge in [0.2, 0.25) is 5.91 Å². The number of allylic oxidation sites excluding steroid dienone is 3. The molecule has 0 spiro atoms. The van der Waals surface area contributed by atoms with Gasteiger partial charge >= 0.3 is 12.1 Å². The SMILES string of the molecule is COc1cc2cc(c1Cl)N(C)C(=O)C[C@H](OC(=O)COc1ccc(C(C)=O)cc1)[C@]1(C)O[C@H]1[C@H](C)[C@@H]1C[C@@](O)(NC(=O)O1)[C@H](OC)/C=C/C=C(\C)C2. The fourth-order valence-corrected chi connectivity index (χ4v) is 7.04. The number of methoxy groups -OCH3 is 2. The smallest absolute Gasteiger partial charge is 0.409 e. The molecule has 0 aromatic heterocycles. The summed E-state index contributed by atoms with van der Waals surface area (Å²) in [6, 6.07) is 9.89. The number of epoxide rings is 1. The van der Waals surface area contributed by atoms with Crippen LogP contribution in [0.4, 0.5) is 10.5 Å². The van der Waals surface area contributed by atoms with Crippen LogP contribution >= 0.6 is 11.6 Å². The molecule has 3 aliphatic heterocycles. The fourth-order valence-electron chi connectivity index (χ4n) is 6.73. The van der Waals surface area contributed by atoms with Crippen molar-refractivity contribution >= 4 is 41.0 Å². The van der Waals surface area contributed by atoms with Crippen LogP contribution in [0, 0.1) is 5.92 Å². The van der Waals surface area contributed by atoms with Gasteiger partial charge in [-0.05, 0) is 69.2 Å². The number of rotatable bonds is 7. The van der Waals surface area contributed by atoms with Crippen LogP contribution < -0.4 is 19.7 Å². The Morgan fingerprint density at radius 3 is 2.52 bits per heavy atom. The molecule has 13 nitrogen and oxygen atoms in total. The van der Waals surface area contributed by atoms with Crippen molar-refractivity contribution in [3.63, 3.8) is 0 Å². The number of hydrogen-bond acceptors (Lipinski definition) is 11. The van der Waals surface area contributed by atoms with E-state index in [4.69, 9.17) is 40.0 Å². The second kappa shape index (κ2) is 15.7. The first-order chi connectivity index (χ1) is 24.6. The number of fused-ring (bicyclic) bond motifs is 5. The maximum absolute atomic E-state index is 14.0. The van der Waals surface area contributed by atoms with Crippen LogP contribution in [-0.2, 0) is 35.0 Å². The molecule has 3 heterocycles. The highest BCUT2D eigenvalue weighted by atomic mass is 35.5.